The van der Waals surface area contributed by atoms with Crippen LogP contribution in [0.3, 0.4) is 0 Å². The van der Waals surface area contributed by atoms with E-state index in [9.17, 15) is 4.79 Å². The summed E-state index contributed by atoms with van der Waals surface area (Å²) in [7, 11) is 0. The average molecular weight is 595 g/mol. The van der Waals surface area contributed by atoms with Crippen LogP contribution in [0.1, 0.15) is 82.0 Å². The van der Waals surface area contributed by atoms with E-state index < -0.39 is 0 Å². The second-order valence-electron chi connectivity index (χ2n) is 12.6. The van der Waals surface area contributed by atoms with Crippen LogP contribution in [0.2, 0.25) is 0 Å². The highest BCUT2D eigenvalue weighted by molar-refractivity contribution is 5.89. The van der Waals surface area contributed by atoms with Crippen LogP contribution in [0.25, 0.3) is 5.69 Å². The fraction of sp³-hybridized carbons (Fsp3) is 0.353. The molecular weight excluding hydrogens is 552 g/mol. The second-order valence-corrected chi connectivity index (χ2v) is 12.6. The van der Waals surface area contributed by atoms with Crippen molar-refractivity contribution in [3.8, 4) is 11.4 Å². The first-order valence-corrected chi connectivity index (χ1v) is 15.0. The Kier molecular flexibility index (Phi) is 8.62. The van der Waals surface area contributed by atoms with E-state index in [0.29, 0.717) is 24.4 Å². The fourth-order valence-electron chi connectivity index (χ4n) is 5.28. The van der Waals surface area contributed by atoms with Crippen molar-refractivity contribution in [3.63, 3.8) is 0 Å². The van der Waals surface area contributed by atoms with Gasteiger partial charge in [0.25, 0.3) is 0 Å². The summed E-state index contributed by atoms with van der Waals surface area (Å²) in [5, 5.41) is 19.3. The zero-order valence-corrected chi connectivity index (χ0v) is 26.3. The number of hydrogen-bond acceptors (Lipinski definition) is 5. The molecular formula is C34H42N8O2. The lowest BCUT2D eigenvalue weighted by Crippen LogP contribution is -2.36. The summed E-state index contributed by atoms with van der Waals surface area (Å²) >= 11 is 0. The van der Waals surface area contributed by atoms with E-state index in [0.717, 1.165) is 28.1 Å². The van der Waals surface area contributed by atoms with E-state index in [-0.39, 0.29) is 41.1 Å². The Labute approximate surface area is 258 Å². The second kappa shape index (κ2) is 12.4. The van der Waals surface area contributed by atoms with E-state index in [1.54, 1.807) is 23.0 Å². The smallest absolute Gasteiger partial charge is 0.320 e. The van der Waals surface area contributed by atoms with Gasteiger partial charge in [-0.1, -0.05) is 62.7 Å². The molecule has 1 unspecified atom stereocenters. The molecule has 0 saturated heterocycles. The van der Waals surface area contributed by atoms with Gasteiger partial charge in [-0.15, -0.1) is 0 Å². The lowest BCUT2D eigenvalue weighted by atomic mass is 9.85. The molecule has 0 spiro atoms. The van der Waals surface area contributed by atoms with Crippen LogP contribution in [-0.4, -0.2) is 32.4 Å². The van der Waals surface area contributed by atoms with Gasteiger partial charge in [0.05, 0.1) is 23.6 Å². The lowest BCUT2D eigenvalue weighted by Gasteiger charge is -2.32. The van der Waals surface area contributed by atoms with Crippen molar-refractivity contribution >= 4 is 17.8 Å². The number of fused-ring (bicyclic) bond motifs is 1. The van der Waals surface area contributed by atoms with Crippen LogP contribution < -0.4 is 26.6 Å². The molecule has 0 aliphatic heterocycles. The normalized spacial score (nSPS) is 16.8. The van der Waals surface area contributed by atoms with Gasteiger partial charge in [-0.2, -0.15) is 5.10 Å². The lowest BCUT2D eigenvalue weighted by molar-refractivity contribution is 0.171. The Bertz CT molecular complexity index is 1730. The van der Waals surface area contributed by atoms with Crippen LogP contribution in [0, 0.1) is 12.3 Å². The minimum Gasteiger partial charge on any atom is -0.484 e. The molecule has 2 aromatic heterocycles. The van der Waals surface area contributed by atoms with Crippen molar-refractivity contribution in [2.45, 2.75) is 78.0 Å². The first-order valence-electron chi connectivity index (χ1n) is 15.0. The summed E-state index contributed by atoms with van der Waals surface area (Å²) in [6, 6.07) is 20.9. The predicted molar refractivity (Wildman–Crippen MR) is 173 cm³/mol. The molecule has 0 saturated carbocycles. The molecule has 1 aliphatic rings. The van der Waals surface area contributed by atoms with Gasteiger partial charge in [-0.3, -0.25) is 15.3 Å². The van der Waals surface area contributed by atoms with Crippen molar-refractivity contribution in [1.82, 2.24) is 19.7 Å². The number of benzene rings is 2. The zero-order chi connectivity index (χ0) is 31.6. The van der Waals surface area contributed by atoms with Crippen molar-refractivity contribution < 1.29 is 9.53 Å². The Hall–Kier alpha value is -4.86. The number of carbonyl (C=O) groups is 1. The van der Waals surface area contributed by atoms with Gasteiger partial charge >= 0.3 is 6.03 Å². The van der Waals surface area contributed by atoms with Crippen LogP contribution in [-0.2, 0) is 5.41 Å². The molecule has 0 fully saturated rings. The van der Waals surface area contributed by atoms with Gasteiger partial charge in [-0.25, -0.2) is 14.5 Å². The maximum Gasteiger partial charge on any atom is 0.320 e. The van der Waals surface area contributed by atoms with E-state index in [4.69, 9.17) is 21.0 Å². The molecule has 10 heteroatoms. The van der Waals surface area contributed by atoms with Crippen molar-refractivity contribution in [2.24, 2.45) is 10.7 Å². The van der Waals surface area contributed by atoms with E-state index in [2.05, 4.69) is 36.4 Å². The number of aromatic nitrogens is 3. The van der Waals surface area contributed by atoms with Gasteiger partial charge < -0.3 is 15.8 Å². The number of aliphatic imine (C=N–C) groups is 1. The summed E-state index contributed by atoms with van der Waals surface area (Å²) in [6.07, 6.45) is 2.85. The van der Waals surface area contributed by atoms with Crippen LogP contribution in [0.5, 0.6) is 5.75 Å². The third kappa shape index (κ3) is 6.85. The van der Waals surface area contributed by atoms with Gasteiger partial charge in [0.1, 0.15) is 23.2 Å². The molecule has 2 amide bonds. The minimum atomic E-state index is -0.301. The summed E-state index contributed by atoms with van der Waals surface area (Å²) in [5.74, 6) is 1.44. The van der Waals surface area contributed by atoms with E-state index >= 15 is 0 Å². The number of anilines is 1. The standard InChI is InChI=1S/C34H42N8O2/c1-21(2)37-32(36)41-20-24(15-18-30(41)35)44-28-17-16-27(25-9-7-8-10-26(25)28)38-33(43)39-31-19-29(34(4,5)6)40-42(31)23-13-11-22(3)12-14-23/h7-15,18-21,27-28,35H,16-17H2,1-6H3,(H2,36,37)(H2,38,39,43)/t27?,28-/m1/s1. The number of urea groups is 1. The number of nitrogens with one attached hydrogen (secondary N) is 3. The Balaban J connectivity index is 1.35. The van der Waals surface area contributed by atoms with Gasteiger partial charge in [0.15, 0.2) is 0 Å². The van der Waals surface area contributed by atoms with Crippen molar-refractivity contribution in [2.75, 3.05) is 5.32 Å². The quantitative estimate of drug-likeness (QED) is 0.158. The molecule has 2 heterocycles. The first kappa shape index (κ1) is 30.6. The fourth-order valence-corrected chi connectivity index (χ4v) is 5.28. The van der Waals surface area contributed by atoms with Crippen molar-refractivity contribution in [1.29, 1.82) is 5.41 Å². The zero-order valence-electron chi connectivity index (χ0n) is 26.3. The molecule has 10 nitrogen and oxygen atoms in total. The molecule has 5 rings (SSSR count). The Morgan fingerprint density at radius 2 is 1.77 bits per heavy atom. The van der Waals surface area contributed by atoms with E-state index in [1.165, 1.54) is 4.57 Å². The highest BCUT2D eigenvalue weighted by Gasteiger charge is 2.30. The molecule has 1 aliphatic carbocycles. The number of rotatable bonds is 6. The molecule has 230 valence electrons. The van der Waals surface area contributed by atoms with E-state index in [1.807, 2.05) is 75.4 Å². The van der Waals surface area contributed by atoms with Crippen molar-refractivity contribution in [3.05, 3.63) is 101 Å². The van der Waals surface area contributed by atoms with Crippen LogP contribution in [0.4, 0.5) is 10.6 Å². The number of pyridine rings is 1. The SMILES string of the molecule is Cc1ccc(-n2nc(C(C)(C)C)cc2NC(=O)NC2CC[C@@H](Oc3ccc(=N)n(C(N)=NC(C)C)c3)c3ccccc32)cc1. The number of nitrogens with zero attached hydrogens (tertiary/aromatic N) is 4. The monoisotopic (exact) mass is 594 g/mol. The molecule has 5 N–H and O–H groups in total. The topological polar surface area (TPSA) is 135 Å². The maximum absolute atomic E-state index is 13.4. The molecule has 2 atom stereocenters. The largest absolute Gasteiger partial charge is 0.484 e. The third-order valence-corrected chi connectivity index (χ3v) is 7.58. The molecule has 44 heavy (non-hydrogen) atoms. The molecule has 2 aromatic carbocycles. The summed E-state index contributed by atoms with van der Waals surface area (Å²) in [4.78, 5) is 17.8. The van der Waals surface area contributed by atoms with Gasteiger partial charge in [0, 0.05) is 17.5 Å². The summed E-state index contributed by atoms with van der Waals surface area (Å²) in [6.45, 7) is 12.2. The number of carbonyl (C=O) groups excluding carboxylic acids is 1. The highest BCUT2D eigenvalue weighted by atomic mass is 16.5. The summed E-state index contributed by atoms with van der Waals surface area (Å²) in [5.41, 5.74) is 11.1. The maximum atomic E-state index is 13.4. The Morgan fingerprint density at radius 3 is 2.45 bits per heavy atom. The highest BCUT2D eigenvalue weighted by Crippen LogP contribution is 2.38. The van der Waals surface area contributed by atoms with Gasteiger partial charge in [-0.05, 0) is 69.0 Å². The van der Waals surface area contributed by atoms with Crippen LogP contribution in [0.15, 0.2) is 77.9 Å². The molecule has 4 aromatic rings. The third-order valence-electron chi connectivity index (χ3n) is 7.58. The predicted octanol–water partition coefficient (Wildman–Crippen LogP) is 6.11. The molecule has 0 radical (unpaired) electrons. The minimum absolute atomic E-state index is 0.00188. The van der Waals surface area contributed by atoms with Crippen LogP contribution >= 0.6 is 0 Å². The number of amides is 2. The number of aryl methyl sites for hydroxylation is 1. The average Bonchev–Trinajstić information content (AvgIpc) is 3.39. The number of ether oxygens (including phenoxy) is 1. The summed E-state index contributed by atoms with van der Waals surface area (Å²) < 4.78 is 9.74. The molecule has 0 bridgehead atoms. The Morgan fingerprint density at radius 1 is 1.07 bits per heavy atom. The number of hydrogen-bond donors (Lipinski definition) is 4. The number of nitrogens with two attached hydrogens (primary N) is 1. The first-order chi connectivity index (χ1) is 20.9. The van der Waals surface area contributed by atoms with Gasteiger partial charge in [0.2, 0.25) is 5.96 Å².